The number of carbonyl (C=O) groups is 1. The number of hydrogen-bond donors (Lipinski definition) is 2. The normalized spacial score (nSPS) is 10.2. The number of rotatable bonds is 3. The Kier molecular flexibility index (Phi) is 6.03. The van der Waals surface area contributed by atoms with Gasteiger partial charge in [0.15, 0.2) is 0 Å². The molecular formula is C7H9N2NaO4S. The molecule has 0 saturated carbocycles. The first kappa shape index (κ1) is 14.6. The summed E-state index contributed by atoms with van der Waals surface area (Å²) in [6.07, 6.45) is 0. The molecule has 0 unspecified atom stereocenters. The average molecular weight is 240 g/mol. The minimum atomic E-state index is -4.19. The van der Waals surface area contributed by atoms with Gasteiger partial charge in [-0.3, -0.25) is 5.84 Å². The van der Waals surface area contributed by atoms with Crippen LogP contribution in [0.4, 0.5) is 0 Å². The second-order valence-corrected chi connectivity index (χ2v) is 3.62. The van der Waals surface area contributed by atoms with Crippen molar-refractivity contribution in [2.75, 3.05) is 0 Å². The van der Waals surface area contributed by atoms with Crippen molar-refractivity contribution < 1.29 is 17.4 Å². The predicted molar refractivity (Wildman–Crippen MR) is 55.2 cm³/mol. The molecule has 0 fully saturated rings. The van der Waals surface area contributed by atoms with Crippen molar-refractivity contribution in [1.29, 1.82) is 0 Å². The third-order valence-corrected chi connectivity index (χ3v) is 2.00. The van der Waals surface area contributed by atoms with Crippen LogP contribution in [0.15, 0.2) is 30.3 Å². The topological polar surface area (TPSA) is 98.5 Å². The van der Waals surface area contributed by atoms with Gasteiger partial charge >= 0.3 is 45.8 Å². The number of carbonyl (C=O) groups excluding carboxylic acids is 1. The molecular weight excluding hydrogens is 231 g/mol. The van der Waals surface area contributed by atoms with E-state index < -0.39 is 16.3 Å². The molecule has 8 heteroatoms. The van der Waals surface area contributed by atoms with Crippen molar-refractivity contribution >= 4 is 45.8 Å². The average Bonchev–Trinajstić information content (AvgIpc) is 2.19. The Morgan fingerprint density at radius 1 is 1.27 bits per heavy atom. The first-order chi connectivity index (χ1) is 6.55. The van der Waals surface area contributed by atoms with Gasteiger partial charge in [0.05, 0.1) is 5.56 Å². The van der Waals surface area contributed by atoms with Gasteiger partial charge in [0.1, 0.15) is 0 Å². The van der Waals surface area contributed by atoms with E-state index in [0.29, 0.717) is 0 Å². The standard InChI is InChI=1S/C7H8N2O4S.Na.H/c8-9-14(11,12)13-7(10)6-4-2-1-3-5-6;;/h1-5,9H,8H2;;. The third kappa shape index (κ3) is 4.74. The summed E-state index contributed by atoms with van der Waals surface area (Å²) in [4.78, 5) is 12.5. The van der Waals surface area contributed by atoms with Crippen LogP contribution in [-0.4, -0.2) is 43.9 Å². The first-order valence-corrected chi connectivity index (χ1v) is 4.97. The van der Waals surface area contributed by atoms with E-state index >= 15 is 0 Å². The fourth-order valence-electron chi connectivity index (χ4n) is 0.746. The predicted octanol–water partition coefficient (Wildman–Crippen LogP) is -1.10. The Morgan fingerprint density at radius 2 is 1.80 bits per heavy atom. The van der Waals surface area contributed by atoms with E-state index in [1.54, 1.807) is 18.2 Å². The number of nitrogens with one attached hydrogen (secondary N) is 1. The van der Waals surface area contributed by atoms with Gasteiger partial charge in [-0.1, -0.05) is 18.2 Å². The summed E-state index contributed by atoms with van der Waals surface area (Å²) in [5, 5.41) is 0. The van der Waals surface area contributed by atoms with Crippen LogP contribution in [0.1, 0.15) is 10.4 Å². The molecule has 78 valence electrons. The second-order valence-electron chi connectivity index (χ2n) is 2.31. The summed E-state index contributed by atoms with van der Waals surface area (Å²) in [7, 11) is -4.19. The molecule has 6 nitrogen and oxygen atoms in total. The van der Waals surface area contributed by atoms with E-state index in [2.05, 4.69) is 10.0 Å². The molecule has 3 N–H and O–H groups in total. The van der Waals surface area contributed by atoms with E-state index in [4.69, 9.17) is 0 Å². The number of hydrazine groups is 1. The molecule has 0 bridgehead atoms. The van der Waals surface area contributed by atoms with E-state index in [-0.39, 0.29) is 35.1 Å². The van der Waals surface area contributed by atoms with Gasteiger partial charge in [0.2, 0.25) is 0 Å². The summed E-state index contributed by atoms with van der Waals surface area (Å²) in [6.45, 7) is 0. The molecule has 0 heterocycles. The number of nitrogens with two attached hydrogens (primary N) is 1. The summed E-state index contributed by atoms with van der Waals surface area (Å²) in [5.41, 5.74) is 0.131. The van der Waals surface area contributed by atoms with Gasteiger partial charge in [-0.05, 0) is 12.1 Å². The van der Waals surface area contributed by atoms with Crippen molar-refractivity contribution in [1.82, 2.24) is 4.83 Å². The summed E-state index contributed by atoms with van der Waals surface area (Å²) >= 11 is 0. The Hall–Kier alpha value is -0.440. The minimum absolute atomic E-state index is 0. The molecule has 0 aliphatic carbocycles. The fraction of sp³-hybridized carbons (Fsp3) is 0. The third-order valence-electron chi connectivity index (χ3n) is 1.34. The van der Waals surface area contributed by atoms with Gasteiger partial charge in [-0.2, -0.15) is 8.42 Å². The summed E-state index contributed by atoms with van der Waals surface area (Å²) in [6, 6.07) is 7.70. The van der Waals surface area contributed by atoms with E-state index in [0.717, 1.165) is 0 Å². The zero-order chi connectivity index (χ0) is 10.6. The molecule has 15 heavy (non-hydrogen) atoms. The molecule has 1 aromatic rings. The van der Waals surface area contributed by atoms with Crippen LogP contribution in [-0.2, 0) is 14.5 Å². The van der Waals surface area contributed by atoms with Crippen LogP contribution in [0, 0.1) is 0 Å². The molecule has 0 aliphatic heterocycles. The van der Waals surface area contributed by atoms with Crippen molar-refractivity contribution in [3.8, 4) is 0 Å². The van der Waals surface area contributed by atoms with Crippen LogP contribution in [0.3, 0.4) is 0 Å². The fourth-order valence-corrected chi connectivity index (χ4v) is 1.09. The van der Waals surface area contributed by atoms with E-state index in [1.807, 2.05) is 0 Å². The summed E-state index contributed by atoms with van der Waals surface area (Å²) < 4.78 is 25.5. The molecule has 0 amide bonds. The quantitative estimate of drug-likeness (QED) is 0.397. The Labute approximate surface area is 109 Å². The van der Waals surface area contributed by atoms with Gasteiger partial charge in [-0.15, -0.1) is 4.83 Å². The molecule has 1 rings (SSSR count). The first-order valence-electron chi connectivity index (χ1n) is 3.56. The number of hydrogen-bond acceptors (Lipinski definition) is 5. The number of benzene rings is 1. The molecule has 0 radical (unpaired) electrons. The van der Waals surface area contributed by atoms with Crippen LogP contribution < -0.4 is 10.7 Å². The Bertz CT molecular complexity index is 420. The van der Waals surface area contributed by atoms with Crippen LogP contribution in [0.5, 0.6) is 0 Å². The molecule has 1 aromatic carbocycles. The maximum absolute atomic E-state index is 11.1. The molecule has 0 atom stereocenters. The summed E-state index contributed by atoms with van der Waals surface area (Å²) in [5.74, 6) is 3.63. The van der Waals surface area contributed by atoms with Gasteiger partial charge in [0, 0.05) is 0 Å². The second kappa shape index (κ2) is 6.21. The van der Waals surface area contributed by atoms with Crippen molar-refractivity contribution in [2.45, 2.75) is 0 Å². The Morgan fingerprint density at radius 3 is 2.27 bits per heavy atom. The molecule has 0 aliphatic rings. The SMILES string of the molecule is NNS(=O)(=O)OC(=O)c1ccccc1.[NaH]. The Balaban J connectivity index is 0.00000196. The van der Waals surface area contributed by atoms with Gasteiger partial charge in [0.25, 0.3) is 0 Å². The van der Waals surface area contributed by atoms with E-state index in [1.165, 1.54) is 17.0 Å². The van der Waals surface area contributed by atoms with Gasteiger partial charge in [-0.25, -0.2) is 4.79 Å². The molecule has 0 spiro atoms. The molecule has 0 saturated heterocycles. The monoisotopic (exact) mass is 240 g/mol. The zero-order valence-electron chi connectivity index (χ0n) is 7.01. The van der Waals surface area contributed by atoms with E-state index in [9.17, 15) is 13.2 Å². The van der Waals surface area contributed by atoms with Crippen molar-refractivity contribution in [3.63, 3.8) is 0 Å². The maximum atomic E-state index is 11.1. The van der Waals surface area contributed by atoms with Crippen LogP contribution in [0.25, 0.3) is 0 Å². The zero-order valence-corrected chi connectivity index (χ0v) is 7.82. The van der Waals surface area contributed by atoms with Crippen LogP contribution in [0.2, 0.25) is 0 Å². The molecule has 0 aromatic heterocycles. The van der Waals surface area contributed by atoms with Gasteiger partial charge < -0.3 is 4.18 Å². The van der Waals surface area contributed by atoms with Crippen molar-refractivity contribution in [3.05, 3.63) is 35.9 Å². The van der Waals surface area contributed by atoms with Crippen LogP contribution >= 0.6 is 0 Å². The van der Waals surface area contributed by atoms with Crippen molar-refractivity contribution in [2.24, 2.45) is 5.84 Å².